The SMILES string of the molecule is CCC1CCC(Nc2cc(Cl)ccc2C(=O)O)CC1. The van der Waals surface area contributed by atoms with Crippen molar-refractivity contribution in [1.29, 1.82) is 0 Å². The average molecular weight is 282 g/mol. The fourth-order valence-corrected chi connectivity index (χ4v) is 2.93. The lowest BCUT2D eigenvalue weighted by Crippen LogP contribution is -2.26. The van der Waals surface area contributed by atoms with Crippen molar-refractivity contribution in [3.8, 4) is 0 Å². The summed E-state index contributed by atoms with van der Waals surface area (Å²) in [5.41, 5.74) is 0.932. The van der Waals surface area contributed by atoms with Crippen LogP contribution in [0, 0.1) is 5.92 Å². The second kappa shape index (κ2) is 6.29. The van der Waals surface area contributed by atoms with Crippen LogP contribution in [-0.4, -0.2) is 17.1 Å². The molecule has 1 aromatic rings. The average Bonchev–Trinajstić information content (AvgIpc) is 2.39. The highest BCUT2D eigenvalue weighted by Crippen LogP contribution is 2.30. The summed E-state index contributed by atoms with van der Waals surface area (Å²) in [7, 11) is 0. The molecule has 0 radical (unpaired) electrons. The molecule has 0 saturated heterocycles. The van der Waals surface area contributed by atoms with Gasteiger partial charge in [0.05, 0.1) is 11.3 Å². The lowest BCUT2D eigenvalue weighted by atomic mass is 9.84. The van der Waals surface area contributed by atoms with Crippen molar-refractivity contribution in [3.05, 3.63) is 28.8 Å². The number of carboxylic acids is 1. The third kappa shape index (κ3) is 3.63. The van der Waals surface area contributed by atoms with E-state index in [4.69, 9.17) is 11.6 Å². The Morgan fingerprint density at radius 1 is 1.37 bits per heavy atom. The van der Waals surface area contributed by atoms with Crippen molar-refractivity contribution < 1.29 is 9.90 Å². The Hall–Kier alpha value is -1.22. The summed E-state index contributed by atoms with van der Waals surface area (Å²) >= 11 is 5.95. The number of anilines is 1. The minimum Gasteiger partial charge on any atom is -0.478 e. The monoisotopic (exact) mass is 281 g/mol. The molecule has 1 aliphatic rings. The van der Waals surface area contributed by atoms with Crippen molar-refractivity contribution in [2.24, 2.45) is 5.92 Å². The zero-order valence-electron chi connectivity index (χ0n) is 11.2. The molecule has 1 fully saturated rings. The molecule has 0 aliphatic heterocycles. The van der Waals surface area contributed by atoms with Gasteiger partial charge >= 0.3 is 5.97 Å². The first kappa shape index (κ1) is 14.2. The van der Waals surface area contributed by atoms with Gasteiger partial charge < -0.3 is 10.4 Å². The molecule has 4 heteroatoms. The first-order valence-corrected chi connectivity index (χ1v) is 7.27. The maximum absolute atomic E-state index is 11.2. The van der Waals surface area contributed by atoms with Gasteiger partial charge in [-0.1, -0.05) is 24.9 Å². The minimum absolute atomic E-state index is 0.294. The molecule has 0 atom stereocenters. The summed E-state index contributed by atoms with van der Waals surface area (Å²) in [5, 5.41) is 13.1. The molecule has 2 rings (SSSR count). The molecule has 1 aliphatic carbocycles. The number of hydrogen-bond donors (Lipinski definition) is 2. The van der Waals surface area contributed by atoms with Crippen LogP contribution in [0.4, 0.5) is 5.69 Å². The number of hydrogen-bond acceptors (Lipinski definition) is 2. The van der Waals surface area contributed by atoms with Gasteiger partial charge in [0.1, 0.15) is 0 Å². The van der Waals surface area contributed by atoms with Gasteiger partial charge in [0.2, 0.25) is 0 Å². The van der Waals surface area contributed by atoms with E-state index in [0.717, 1.165) is 18.8 Å². The standard InChI is InChI=1S/C15H20ClNO2/c1-2-10-3-6-12(7-4-10)17-14-9-11(16)5-8-13(14)15(18)19/h5,8-10,12,17H,2-4,6-7H2,1H3,(H,18,19). The van der Waals surface area contributed by atoms with Crippen molar-refractivity contribution in [2.75, 3.05) is 5.32 Å². The highest BCUT2D eigenvalue weighted by Gasteiger charge is 2.21. The van der Waals surface area contributed by atoms with Crippen LogP contribution in [0.5, 0.6) is 0 Å². The zero-order valence-corrected chi connectivity index (χ0v) is 11.9. The fourth-order valence-electron chi connectivity index (χ4n) is 2.76. The van der Waals surface area contributed by atoms with Gasteiger partial charge in [-0.25, -0.2) is 4.79 Å². The molecule has 0 unspecified atom stereocenters. The van der Waals surface area contributed by atoms with E-state index < -0.39 is 5.97 Å². The predicted octanol–water partition coefficient (Wildman–Crippen LogP) is 4.42. The molecule has 0 bridgehead atoms. The van der Waals surface area contributed by atoms with Gasteiger partial charge in [-0.05, 0) is 49.8 Å². The van der Waals surface area contributed by atoms with E-state index in [1.807, 2.05) is 0 Å². The van der Waals surface area contributed by atoms with E-state index in [1.54, 1.807) is 18.2 Å². The molecule has 2 N–H and O–H groups in total. The summed E-state index contributed by atoms with van der Waals surface area (Å²) in [6.45, 7) is 2.23. The number of carbonyl (C=O) groups is 1. The van der Waals surface area contributed by atoms with E-state index in [9.17, 15) is 9.90 Å². The number of carboxylic acid groups (broad SMARTS) is 1. The molecule has 0 amide bonds. The molecule has 104 valence electrons. The minimum atomic E-state index is -0.915. The summed E-state index contributed by atoms with van der Waals surface area (Å²) in [4.78, 5) is 11.2. The van der Waals surface area contributed by atoms with Gasteiger partial charge in [0.15, 0.2) is 0 Å². The molecule has 1 aromatic carbocycles. The first-order valence-electron chi connectivity index (χ1n) is 6.89. The lowest BCUT2D eigenvalue weighted by molar-refractivity contribution is 0.0698. The quantitative estimate of drug-likeness (QED) is 0.859. The molecular formula is C15H20ClNO2. The Bertz CT molecular complexity index is 453. The van der Waals surface area contributed by atoms with Crippen LogP contribution in [0.1, 0.15) is 49.4 Å². The van der Waals surface area contributed by atoms with Crippen LogP contribution in [0.15, 0.2) is 18.2 Å². The van der Waals surface area contributed by atoms with Gasteiger partial charge in [-0.2, -0.15) is 0 Å². The van der Waals surface area contributed by atoms with Crippen molar-refractivity contribution >= 4 is 23.3 Å². The number of halogens is 1. The summed E-state index contributed by atoms with van der Waals surface area (Å²) in [6.07, 6.45) is 5.88. The van der Waals surface area contributed by atoms with Crippen LogP contribution in [-0.2, 0) is 0 Å². The van der Waals surface area contributed by atoms with Crippen molar-refractivity contribution in [3.63, 3.8) is 0 Å². The summed E-state index contributed by atoms with van der Waals surface area (Å²) in [5.74, 6) is -0.0854. The highest BCUT2D eigenvalue weighted by molar-refractivity contribution is 6.31. The smallest absolute Gasteiger partial charge is 0.337 e. The predicted molar refractivity (Wildman–Crippen MR) is 78.1 cm³/mol. The number of benzene rings is 1. The molecule has 3 nitrogen and oxygen atoms in total. The Labute approximate surface area is 119 Å². The molecule has 0 heterocycles. The van der Waals surface area contributed by atoms with Gasteiger partial charge in [-0.15, -0.1) is 0 Å². The van der Waals surface area contributed by atoms with Gasteiger partial charge in [0, 0.05) is 11.1 Å². The summed E-state index contributed by atoms with van der Waals surface area (Å²) < 4.78 is 0. The van der Waals surface area contributed by atoms with E-state index in [2.05, 4.69) is 12.2 Å². The van der Waals surface area contributed by atoms with Crippen molar-refractivity contribution in [1.82, 2.24) is 0 Å². The van der Waals surface area contributed by atoms with Crippen LogP contribution >= 0.6 is 11.6 Å². The van der Waals surface area contributed by atoms with E-state index >= 15 is 0 Å². The van der Waals surface area contributed by atoms with E-state index in [1.165, 1.54) is 19.3 Å². The normalized spacial score (nSPS) is 23.1. The third-order valence-corrected chi connectivity index (χ3v) is 4.23. The van der Waals surface area contributed by atoms with Crippen LogP contribution < -0.4 is 5.32 Å². The van der Waals surface area contributed by atoms with E-state index in [-0.39, 0.29) is 0 Å². The largest absolute Gasteiger partial charge is 0.478 e. The summed E-state index contributed by atoms with van der Waals surface area (Å²) in [6, 6.07) is 5.24. The van der Waals surface area contributed by atoms with Gasteiger partial charge in [0.25, 0.3) is 0 Å². The lowest BCUT2D eigenvalue weighted by Gasteiger charge is -2.29. The number of rotatable bonds is 4. The molecular weight excluding hydrogens is 262 g/mol. The first-order chi connectivity index (χ1) is 9.10. The van der Waals surface area contributed by atoms with Crippen LogP contribution in [0.2, 0.25) is 5.02 Å². The maximum atomic E-state index is 11.2. The highest BCUT2D eigenvalue weighted by atomic mass is 35.5. The Morgan fingerprint density at radius 3 is 2.63 bits per heavy atom. The van der Waals surface area contributed by atoms with Crippen molar-refractivity contribution in [2.45, 2.75) is 45.1 Å². The van der Waals surface area contributed by atoms with E-state index in [0.29, 0.717) is 22.3 Å². The Morgan fingerprint density at radius 2 is 2.05 bits per heavy atom. The Balaban J connectivity index is 2.06. The molecule has 1 saturated carbocycles. The maximum Gasteiger partial charge on any atom is 0.337 e. The topological polar surface area (TPSA) is 49.3 Å². The third-order valence-electron chi connectivity index (χ3n) is 4.00. The number of aromatic carboxylic acids is 1. The molecule has 19 heavy (non-hydrogen) atoms. The zero-order chi connectivity index (χ0) is 13.8. The second-order valence-electron chi connectivity index (χ2n) is 5.27. The second-order valence-corrected chi connectivity index (χ2v) is 5.70. The van der Waals surface area contributed by atoms with Crippen LogP contribution in [0.3, 0.4) is 0 Å². The Kier molecular flexibility index (Phi) is 4.70. The van der Waals surface area contributed by atoms with Gasteiger partial charge in [-0.3, -0.25) is 0 Å². The molecule has 0 spiro atoms. The number of nitrogens with one attached hydrogen (secondary N) is 1. The van der Waals surface area contributed by atoms with Crippen LogP contribution in [0.25, 0.3) is 0 Å². The fraction of sp³-hybridized carbons (Fsp3) is 0.533. The molecule has 0 aromatic heterocycles.